The summed E-state index contributed by atoms with van der Waals surface area (Å²) in [5.74, 6) is 12.0. The molecule has 7 aromatic rings. The van der Waals surface area contributed by atoms with Gasteiger partial charge in [-0.3, -0.25) is 9.79 Å². The third-order valence-corrected chi connectivity index (χ3v) is 24.3. The molecule has 0 spiro atoms. The van der Waals surface area contributed by atoms with Crippen molar-refractivity contribution < 1.29 is 0 Å². The van der Waals surface area contributed by atoms with Gasteiger partial charge in [-0.05, 0) is 291 Å². The normalized spacial score (nSPS) is 16.3. The van der Waals surface area contributed by atoms with Crippen LogP contribution in [0.1, 0.15) is 495 Å². The van der Waals surface area contributed by atoms with Gasteiger partial charge in [0.05, 0.1) is 0 Å². The quantitative estimate of drug-likeness (QED) is 0.134. The second-order valence-electron chi connectivity index (χ2n) is 47.8. The van der Waals surface area contributed by atoms with Crippen molar-refractivity contribution in [3.63, 3.8) is 0 Å². The van der Waals surface area contributed by atoms with Crippen molar-refractivity contribution in [3.05, 3.63) is 282 Å². The summed E-state index contributed by atoms with van der Waals surface area (Å²) in [6, 6.07) is 57.4. The standard InChI is InChI=1S/2C14H20.2C13H18.2C12H18.C11H17NO.C11H18.C10H17N.4C4H10.CH4/c2*1-14(2,3)13-10-6-8-11-7-4-5-9-12(11)13;2*1-13(2,3)12-9-8-10-6-4-5-7-11(10)12;1-9(2)11-6-5-7-12(8-11)10(3)4;1-9(2)11-7-5-6-8-12(11)10(3)4;1-8(2)10-5-6-12(9(3)4)11(13)7-10;1-8(2)10-5-6-11(7-10)9(3)4;1-7(2)9-5-6-10(11-9)8(3)4;4*1-4(2)3;/h2*4-5,7,9,13H,6,8,10H2,1-3H3;2*4-7,12H,8-9H2,1-3H3;2*5-10H,1-4H3;5-9H,1-4H3;5,7-9H,6H2,1-4H3;5,7-8H,6H2,1-4H3;4*4H,1-3H3;1H4. The first kappa shape index (κ1) is 123. The maximum absolute atomic E-state index is 11.5. The summed E-state index contributed by atoms with van der Waals surface area (Å²) in [4.78, 5) is 16.1. The van der Waals surface area contributed by atoms with Crippen LogP contribution in [0.4, 0.5) is 0 Å². The number of aromatic nitrogens is 1. The topological polar surface area (TPSA) is 34.4 Å². The molecule has 3 nitrogen and oxygen atoms in total. The molecular weight excluding hydrogens is 1570 g/mol. The number of aliphatic imine (C=N–C) groups is 1. The molecule has 0 saturated carbocycles. The minimum Gasteiger partial charge on any atom is -0.313 e. The number of benzene rings is 6. The second-order valence-corrected chi connectivity index (χ2v) is 47.8. The monoisotopic (exact) mass is 1780 g/mol. The lowest BCUT2D eigenvalue weighted by atomic mass is 9.69. The Kier molecular flexibility index (Phi) is 58.0. The van der Waals surface area contributed by atoms with Crippen LogP contribution < -0.4 is 5.56 Å². The van der Waals surface area contributed by atoms with Crippen molar-refractivity contribution in [1.29, 1.82) is 0 Å². The molecule has 0 saturated heterocycles. The smallest absolute Gasteiger partial charge is 0.251 e. The Morgan fingerprint density at radius 2 is 0.615 bits per heavy atom. The SMILES string of the molecule is C.CC(C)(C)C1CCCc2ccccc21.CC(C)(C)C1CCCc2ccccc21.CC(C)(C)C1CCc2ccccc21.CC(C)(C)C1CCc2ccccc21.CC(C)C.CC(C)C.CC(C)C.CC(C)C.CC(C)C1=CCC(C(C)C)=C1.CC(C)C1=CCC(C(C)C)=N1.CC(C)c1cccc(C(C)C)c1.CC(C)c1ccccc1C(C)C.CC(C)c1ccn(C(C)C)c(=O)c1. The molecule has 732 valence electrons. The first-order valence-electron chi connectivity index (χ1n) is 51.7. The van der Waals surface area contributed by atoms with Crippen LogP contribution in [-0.2, 0) is 25.7 Å². The Bertz CT molecular complexity index is 4120. The Balaban J connectivity index is 0.00000141. The number of fused-ring (bicyclic) bond motifs is 4. The van der Waals surface area contributed by atoms with Gasteiger partial charge in [0.15, 0.2) is 0 Å². The van der Waals surface area contributed by atoms with E-state index in [4.69, 9.17) is 0 Å². The van der Waals surface area contributed by atoms with Crippen LogP contribution in [0.3, 0.4) is 0 Å². The predicted molar refractivity (Wildman–Crippen MR) is 591 cm³/mol. The molecule has 6 aliphatic rings. The molecule has 6 aromatic carbocycles. The van der Waals surface area contributed by atoms with Gasteiger partial charge in [-0.25, -0.2) is 0 Å². The molecule has 5 aliphatic carbocycles. The van der Waals surface area contributed by atoms with Gasteiger partial charge < -0.3 is 4.57 Å². The van der Waals surface area contributed by atoms with E-state index in [1.54, 1.807) is 60.7 Å². The lowest BCUT2D eigenvalue weighted by molar-refractivity contribution is 0.289. The summed E-state index contributed by atoms with van der Waals surface area (Å²) in [5.41, 5.74) is 27.2. The maximum Gasteiger partial charge on any atom is 0.251 e. The van der Waals surface area contributed by atoms with Crippen molar-refractivity contribution in [2.45, 2.75) is 448 Å². The van der Waals surface area contributed by atoms with E-state index in [1.165, 1.54) is 110 Å². The van der Waals surface area contributed by atoms with Gasteiger partial charge >= 0.3 is 0 Å². The highest BCUT2D eigenvalue weighted by atomic mass is 16.1. The number of aryl methyl sites for hydroxylation is 4. The molecule has 0 radical (unpaired) electrons. The van der Waals surface area contributed by atoms with Gasteiger partial charge in [0.2, 0.25) is 0 Å². The maximum atomic E-state index is 11.5. The summed E-state index contributed by atoms with van der Waals surface area (Å²) in [5, 5.41) is 0. The van der Waals surface area contributed by atoms with Gasteiger partial charge in [-0.1, -0.05) is 468 Å². The summed E-state index contributed by atoms with van der Waals surface area (Å²) >= 11 is 0. The largest absolute Gasteiger partial charge is 0.313 e. The van der Waals surface area contributed by atoms with E-state index >= 15 is 0 Å². The highest BCUT2D eigenvalue weighted by molar-refractivity contribution is 5.90. The predicted octanol–water partition coefficient (Wildman–Crippen LogP) is 40.1. The minimum absolute atomic E-state index is 0. The van der Waals surface area contributed by atoms with Gasteiger partial charge in [0.25, 0.3) is 5.56 Å². The molecule has 0 N–H and O–H groups in total. The van der Waals surface area contributed by atoms with Gasteiger partial charge in [0.1, 0.15) is 0 Å². The molecule has 0 amide bonds. The molecule has 1 aromatic heterocycles. The Hall–Kier alpha value is -6.84. The molecule has 13 rings (SSSR count). The van der Waals surface area contributed by atoms with Crippen molar-refractivity contribution in [1.82, 2.24) is 4.57 Å². The highest BCUT2D eigenvalue weighted by Gasteiger charge is 2.34. The van der Waals surface area contributed by atoms with E-state index in [0.29, 0.717) is 69.0 Å². The Morgan fingerprint density at radius 3 is 0.862 bits per heavy atom. The zero-order valence-corrected chi connectivity index (χ0v) is 92.5. The van der Waals surface area contributed by atoms with Crippen molar-refractivity contribution in [3.8, 4) is 0 Å². The van der Waals surface area contributed by atoms with Crippen molar-refractivity contribution in [2.75, 3.05) is 0 Å². The first-order chi connectivity index (χ1) is 59.8. The van der Waals surface area contributed by atoms with Crippen LogP contribution in [0.25, 0.3) is 0 Å². The number of pyridine rings is 1. The summed E-state index contributed by atoms with van der Waals surface area (Å²) in [6.07, 6.45) is 24.3. The molecular formula is C127H208N2O. The second kappa shape index (κ2) is 61.2. The lowest BCUT2D eigenvalue weighted by Crippen LogP contribution is -2.22. The van der Waals surface area contributed by atoms with E-state index in [2.05, 4.69) is 460 Å². The van der Waals surface area contributed by atoms with Crippen LogP contribution in [0, 0.1) is 69.0 Å². The minimum atomic E-state index is 0. The number of rotatable bonds is 10. The van der Waals surface area contributed by atoms with Gasteiger partial charge in [-0.15, -0.1) is 0 Å². The average Bonchev–Trinajstić information content (AvgIpc) is 1.71. The average molecular weight is 1780 g/mol. The number of nitrogens with zero attached hydrogens (tertiary/aromatic N) is 2. The van der Waals surface area contributed by atoms with Crippen molar-refractivity contribution in [2.24, 2.45) is 74.0 Å². The highest BCUT2D eigenvalue weighted by Crippen LogP contribution is 2.48. The van der Waals surface area contributed by atoms with E-state index in [1.807, 2.05) is 26.1 Å². The fraction of sp³-hybridized carbons (Fsp3) is 0.622. The Labute approximate surface area is 809 Å². The third kappa shape index (κ3) is 47.9. The summed E-state index contributed by atoms with van der Waals surface area (Å²) in [7, 11) is 0. The molecule has 0 fully saturated rings. The fourth-order valence-corrected chi connectivity index (χ4v) is 16.9. The summed E-state index contributed by atoms with van der Waals surface area (Å²) in [6.45, 7) is 98.2. The number of allylic oxidation sites excluding steroid dienone is 6. The fourth-order valence-electron chi connectivity index (χ4n) is 16.9. The molecule has 0 bridgehead atoms. The van der Waals surface area contributed by atoms with Crippen LogP contribution in [0.5, 0.6) is 0 Å². The molecule has 130 heavy (non-hydrogen) atoms. The van der Waals surface area contributed by atoms with Crippen molar-refractivity contribution >= 4 is 5.71 Å². The zero-order valence-electron chi connectivity index (χ0n) is 92.5. The number of hydrogen-bond acceptors (Lipinski definition) is 2. The zero-order chi connectivity index (χ0) is 98.8. The van der Waals surface area contributed by atoms with Crippen LogP contribution in [0.15, 0.2) is 209 Å². The van der Waals surface area contributed by atoms with E-state index in [9.17, 15) is 4.79 Å². The van der Waals surface area contributed by atoms with Gasteiger partial charge in [0, 0.05) is 36.1 Å². The molecule has 2 heterocycles. The van der Waals surface area contributed by atoms with Crippen LogP contribution in [0.2, 0.25) is 0 Å². The summed E-state index contributed by atoms with van der Waals surface area (Å²) < 4.78 is 1.74. The Morgan fingerprint density at radius 1 is 0.308 bits per heavy atom. The van der Waals surface area contributed by atoms with E-state index in [-0.39, 0.29) is 19.0 Å². The molecule has 4 unspecified atom stereocenters. The lowest BCUT2D eigenvalue weighted by Gasteiger charge is -2.35. The molecule has 3 heteroatoms. The van der Waals surface area contributed by atoms with Gasteiger partial charge in [-0.2, -0.15) is 0 Å². The molecule has 4 atom stereocenters. The first-order valence-corrected chi connectivity index (χ1v) is 51.7. The van der Waals surface area contributed by atoms with Crippen LogP contribution >= 0.6 is 0 Å². The van der Waals surface area contributed by atoms with E-state index < -0.39 is 0 Å². The van der Waals surface area contributed by atoms with E-state index in [0.717, 1.165) is 65.2 Å². The van der Waals surface area contributed by atoms with Crippen LogP contribution in [-0.4, -0.2) is 10.3 Å². The number of hydrogen-bond donors (Lipinski definition) is 0. The molecule has 1 aliphatic heterocycles. The third-order valence-electron chi connectivity index (χ3n) is 24.3.